The van der Waals surface area contributed by atoms with Crippen LogP contribution in [0.5, 0.6) is 0 Å². The van der Waals surface area contributed by atoms with Crippen molar-refractivity contribution in [3.8, 4) is 0 Å². The Bertz CT molecular complexity index is 924. The molecule has 0 bridgehead atoms. The first-order chi connectivity index (χ1) is 30.5. The number of aliphatic hydroxyl groups is 2. The van der Waals surface area contributed by atoms with Crippen LogP contribution in [-0.2, 0) is 14.3 Å². The zero-order chi connectivity index (χ0) is 45.1. The van der Waals surface area contributed by atoms with Crippen molar-refractivity contribution in [2.75, 3.05) is 13.2 Å². The van der Waals surface area contributed by atoms with E-state index in [1.165, 1.54) is 199 Å². The van der Waals surface area contributed by atoms with Gasteiger partial charge in [-0.25, -0.2) is 0 Å². The second kappa shape index (κ2) is 52.2. The number of hydrogen-bond donors (Lipinski definition) is 3. The number of nitrogens with one attached hydrogen (secondary N) is 1. The molecule has 0 aliphatic carbocycles. The first-order valence-electron chi connectivity index (χ1n) is 27.9. The normalized spacial score (nSPS) is 12.6. The Hall–Kier alpha value is -1.40. The highest BCUT2D eigenvalue weighted by Crippen LogP contribution is 2.17. The first-order valence-corrected chi connectivity index (χ1v) is 27.9. The van der Waals surface area contributed by atoms with E-state index in [4.69, 9.17) is 4.74 Å². The molecule has 0 aliphatic heterocycles. The van der Waals surface area contributed by atoms with Crippen molar-refractivity contribution in [1.82, 2.24) is 5.32 Å². The van der Waals surface area contributed by atoms with E-state index in [9.17, 15) is 19.8 Å². The molecule has 0 heterocycles. The van der Waals surface area contributed by atoms with Crippen molar-refractivity contribution in [2.45, 2.75) is 321 Å². The predicted octanol–water partition coefficient (Wildman–Crippen LogP) is 16.9. The van der Waals surface area contributed by atoms with E-state index < -0.39 is 12.1 Å². The van der Waals surface area contributed by atoms with Crippen LogP contribution in [0, 0.1) is 0 Å². The Morgan fingerprint density at radius 3 is 1.15 bits per heavy atom. The van der Waals surface area contributed by atoms with Gasteiger partial charge in [0.05, 0.1) is 25.4 Å². The molecule has 6 heteroatoms. The minimum Gasteiger partial charge on any atom is -0.466 e. The predicted molar refractivity (Wildman–Crippen MR) is 269 cm³/mol. The molecule has 1 amide bonds. The van der Waals surface area contributed by atoms with Crippen molar-refractivity contribution < 1.29 is 24.5 Å². The lowest BCUT2D eigenvalue weighted by Crippen LogP contribution is -2.45. The second-order valence-electron chi connectivity index (χ2n) is 19.3. The molecule has 0 aromatic heterocycles. The maximum Gasteiger partial charge on any atom is 0.305 e. The molecule has 368 valence electrons. The summed E-state index contributed by atoms with van der Waals surface area (Å²) >= 11 is 0. The average molecular weight is 876 g/mol. The zero-order valence-electron chi connectivity index (χ0n) is 41.9. The molecule has 0 aromatic rings. The van der Waals surface area contributed by atoms with Gasteiger partial charge in [-0.1, -0.05) is 251 Å². The van der Waals surface area contributed by atoms with Gasteiger partial charge in [0.2, 0.25) is 5.91 Å². The van der Waals surface area contributed by atoms with Crippen molar-refractivity contribution in [1.29, 1.82) is 0 Å². The molecule has 0 saturated heterocycles. The third kappa shape index (κ3) is 48.1. The molecule has 0 fully saturated rings. The molecule has 2 unspecified atom stereocenters. The summed E-state index contributed by atoms with van der Waals surface area (Å²) in [7, 11) is 0. The van der Waals surface area contributed by atoms with Crippen LogP contribution in [0.4, 0.5) is 0 Å². The van der Waals surface area contributed by atoms with Crippen LogP contribution < -0.4 is 5.32 Å². The van der Waals surface area contributed by atoms with Gasteiger partial charge < -0.3 is 20.3 Å². The quantitative estimate of drug-likeness (QED) is 0.0321. The van der Waals surface area contributed by atoms with Gasteiger partial charge in [0.25, 0.3) is 0 Å². The summed E-state index contributed by atoms with van der Waals surface area (Å²) in [4.78, 5) is 24.5. The Labute approximate surface area is 387 Å². The number of esters is 1. The molecule has 0 aromatic carbocycles. The molecule has 0 aliphatic rings. The highest BCUT2D eigenvalue weighted by atomic mass is 16.5. The van der Waals surface area contributed by atoms with Crippen molar-refractivity contribution in [2.24, 2.45) is 0 Å². The van der Waals surface area contributed by atoms with Gasteiger partial charge in [-0.05, 0) is 57.8 Å². The highest BCUT2D eigenvalue weighted by Gasteiger charge is 2.20. The van der Waals surface area contributed by atoms with E-state index in [-0.39, 0.29) is 18.5 Å². The number of carbonyl (C=O) groups excluding carboxylic acids is 2. The number of aliphatic hydroxyl groups excluding tert-OH is 2. The van der Waals surface area contributed by atoms with Crippen LogP contribution in [0.3, 0.4) is 0 Å². The van der Waals surface area contributed by atoms with Gasteiger partial charge in [0.15, 0.2) is 0 Å². The van der Waals surface area contributed by atoms with Gasteiger partial charge in [-0.3, -0.25) is 9.59 Å². The van der Waals surface area contributed by atoms with Crippen LogP contribution >= 0.6 is 0 Å². The van der Waals surface area contributed by atoms with E-state index in [2.05, 4.69) is 31.3 Å². The summed E-state index contributed by atoms with van der Waals surface area (Å²) in [5, 5.41) is 23.3. The average Bonchev–Trinajstić information content (AvgIpc) is 3.27. The molecule has 0 rings (SSSR count). The molecule has 0 spiro atoms. The lowest BCUT2D eigenvalue weighted by atomic mass is 10.0. The summed E-state index contributed by atoms with van der Waals surface area (Å²) in [5.41, 5.74) is 0. The SMILES string of the molecule is CCCCCCCCCCCCCCCCCCCCCCCC(O)C(CO)NC(=O)CCCCCCC/C=C\CCCCCOC(=O)CCCCCCCCCCCCCC. The molecule has 62 heavy (non-hydrogen) atoms. The third-order valence-electron chi connectivity index (χ3n) is 13.1. The lowest BCUT2D eigenvalue weighted by Gasteiger charge is -2.22. The third-order valence-corrected chi connectivity index (χ3v) is 13.1. The monoisotopic (exact) mass is 876 g/mol. The Morgan fingerprint density at radius 1 is 0.435 bits per heavy atom. The van der Waals surface area contributed by atoms with Gasteiger partial charge in [-0.15, -0.1) is 0 Å². The van der Waals surface area contributed by atoms with Crippen LogP contribution in [-0.4, -0.2) is 47.4 Å². The zero-order valence-corrected chi connectivity index (χ0v) is 41.9. The summed E-state index contributed by atoms with van der Waals surface area (Å²) in [6.07, 6.45) is 60.5. The summed E-state index contributed by atoms with van der Waals surface area (Å²) in [5.74, 6) is -0.0788. The number of ether oxygens (including phenoxy) is 1. The first kappa shape index (κ1) is 60.6. The van der Waals surface area contributed by atoms with E-state index in [1.807, 2.05) is 0 Å². The fraction of sp³-hybridized carbons (Fsp3) is 0.929. The van der Waals surface area contributed by atoms with Crippen LogP contribution in [0.25, 0.3) is 0 Å². The molecular weight excluding hydrogens is 767 g/mol. The number of amides is 1. The van der Waals surface area contributed by atoms with Gasteiger partial charge in [-0.2, -0.15) is 0 Å². The molecule has 0 radical (unpaired) electrons. The standard InChI is InChI=1S/C56H109NO5/c1-3-5-7-9-11-13-15-17-18-19-20-21-22-23-24-25-28-32-36-40-44-48-54(59)53(52-58)57-55(60)49-45-41-37-33-29-26-27-31-35-39-43-47-51-62-56(61)50-46-42-38-34-30-16-14-12-10-8-6-4-2/h27,31,53-54,58-59H,3-26,28-30,32-52H2,1-2H3,(H,57,60)/b31-27-. The maximum atomic E-state index is 12.5. The molecule has 3 N–H and O–H groups in total. The van der Waals surface area contributed by atoms with E-state index >= 15 is 0 Å². The fourth-order valence-electron chi connectivity index (χ4n) is 8.75. The van der Waals surface area contributed by atoms with E-state index in [0.717, 1.165) is 77.0 Å². The number of rotatable bonds is 52. The van der Waals surface area contributed by atoms with Crippen molar-refractivity contribution in [3.63, 3.8) is 0 Å². The topological polar surface area (TPSA) is 95.9 Å². The smallest absolute Gasteiger partial charge is 0.305 e. The Balaban J connectivity index is 3.49. The molecule has 0 saturated carbocycles. The van der Waals surface area contributed by atoms with Gasteiger partial charge in [0, 0.05) is 12.8 Å². The lowest BCUT2D eigenvalue weighted by molar-refractivity contribution is -0.143. The summed E-state index contributed by atoms with van der Waals surface area (Å²) in [6, 6.07) is -0.560. The largest absolute Gasteiger partial charge is 0.466 e. The van der Waals surface area contributed by atoms with Crippen molar-refractivity contribution >= 4 is 11.9 Å². The van der Waals surface area contributed by atoms with Crippen molar-refractivity contribution in [3.05, 3.63) is 12.2 Å². The number of carbonyl (C=O) groups is 2. The van der Waals surface area contributed by atoms with Crippen LogP contribution in [0.2, 0.25) is 0 Å². The summed E-state index contributed by atoms with van der Waals surface area (Å²) in [6.45, 7) is 4.91. The van der Waals surface area contributed by atoms with Gasteiger partial charge >= 0.3 is 5.97 Å². The number of unbranched alkanes of at least 4 members (excludes halogenated alkanes) is 39. The van der Waals surface area contributed by atoms with E-state index in [0.29, 0.717) is 25.9 Å². The molecular formula is C56H109NO5. The van der Waals surface area contributed by atoms with Crippen LogP contribution in [0.1, 0.15) is 309 Å². The Morgan fingerprint density at radius 2 is 0.758 bits per heavy atom. The minimum atomic E-state index is -0.680. The minimum absolute atomic E-state index is 0.0212. The van der Waals surface area contributed by atoms with Gasteiger partial charge in [0.1, 0.15) is 0 Å². The van der Waals surface area contributed by atoms with Crippen LogP contribution in [0.15, 0.2) is 12.2 Å². The van der Waals surface area contributed by atoms with E-state index in [1.54, 1.807) is 0 Å². The number of hydrogen-bond acceptors (Lipinski definition) is 5. The summed E-state index contributed by atoms with van der Waals surface area (Å²) < 4.78 is 5.44. The second-order valence-corrected chi connectivity index (χ2v) is 19.3. The maximum absolute atomic E-state index is 12.5. The number of allylic oxidation sites excluding steroid dienone is 2. The molecule has 2 atom stereocenters. The Kier molecular flexibility index (Phi) is 51.0. The fourth-order valence-corrected chi connectivity index (χ4v) is 8.75. The molecule has 6 nitrogen and oxygen atoms in total. The highest BCUT2D eigenvalue weighted by molar-refractivity contribution is 5.76.